The highest BCUT2D eigenvalue weighted by atomic mass is 35.5. The summed E-state index contributed by atoms with van der Waals surface area (Å²) >= 11 is 7.11. The van der Waals surface area contributed by atoms with Crippen LogP contribution in [-0.2, 0) is 6.18 Å². The number of amides is 2. The largest absolute Gasteiger partial charge is 0.416 e. The molecule has 1 heterocycles. The zero-order valence-corrected chi connectivity index (χ0v) is 16.7. The molecule has 2 amide bonds. The Morgan fingerprint density at radius 3 is 2.40 bits per heavy atom. The third kappa shape index (κ3) is 4.55. The Bertz CT molecular complexity index is 1220. The lowest BCUT2D eigenvalue weighted by Crippen LogP contribution is -2.19. The second kappa shape index (κ2) is 7.97. The Labute approximate surface area is 178 Å². The van der Waals surface area contributed by atoms with Crippen LogP contribution in [-0.4, -0.2) is 11.0 Å². The minimum atomic E-state index is -4.42. The maximum atomic E-state index is 12.9. The van der Waals surface area contributed by atoms with Gasteiger partial charge in [0.05, 0.1) is 15.8 Å². The van der Waals surface area contributed by atoms with E-state index in [0.29, 0.717) is 31.7 Å². The Hall–Kier alpha value is -3.10. The van der Waals surface area contributed by atoms with Crippen molar-refractivity contribution in [1.29, 1.82) is 0 Å². The summed E-state index contributed by atoms with van der Waals surface area (Å²) in [6, 6.07) is 16.7. The molecular formula is C21H13ClF3N3OS. The van der Waals surface area contributed by atoms with Gasteiger partial charge in [-0.1, -0.05) is 23.7 Å². The number of carbonyl (C=O) groups is 1. The molecule has 4 rings (SSSR count). The van der Waals surface area contributed by atoms with Gasteiger partial charge in [-0.15, -0.1) is 11.3 Å². The fourth-order valence-corrected chi connectivity index (χ4v) is 3.85. The molecule has 9 heteroatoms. The van der Waals surface area contributed by atoms with E-state index in [2.05, 4.69) is 15.6 Å². The Kier molecular flexibility index (Phi) is 5.36. The number of benzene rings is 3. The monoisotopic (exact) mass is 447 g/mol. The number of hydrogen-bond acceptors (Lipinski definition) is 3. The minimum Gasteiger partial charge on any atom is -0.308 e. The second-order valence-electron chi connectivity index (χ2n) is 6.37. The molecule has 30 heavy (non-hydrogen) atoms. The van der Waals surface area contributed by atoms with Crippen LogP contribution in [0.1, 0.15) is 5.56 Å². The van der Waals surface area contributed by atoms with Crippen LogP contribution < -0.4 is 10.6 Å². The van der Waals surface area contributed by atoms with Crippen molar-refractivity contribution in [3.63, 3.8) is 0 Å². The first-order valence-electron chi connectivity index (χ1n) is 8.70. The van der Waals surface area contributed by atoms with E-state index in [0.717, 1.165) is 12.1 Å². The Balaban J connectivity index is 1.54. The van der Waals surface area contributed by atoms with Crippen LogP contribution in [0.5, 0.6) is 0 Å². The molecule has 0 fully saturated rings. The van der Waals surface area contributed by atoms with Crippen molar-refractivity contribution in [1.82, 2.24) is 4.98 Å². The summed E-state index contributed by atoms with van der Waals surface area (Å²) in [5.74, 6) is 0. The quantitative estimate of drug-likeness (QED) is 0.346. The lowest BCUT2D eigenvalue weighted by Gasteiger charge is -2.08. The fraction of sp³-hybridized carbons (Fsp3) is 0.0476. The number of nitrogens with zero attached hydrogens (tertiary/aromatic N) is 1. The molecular weight excluding hydrogens is 435 g/mol. The number of halogens is 4. The van der Waals surface area contributed by atoms with E-state index in [-0.39, 0.29) is 5.52 Å². The van der Waals surface area contributed by atoms with Crippen molar-refractivity contribution in [3.8, 4) is 10.6 Å². The predicted molar refractivity (Wildman–Crippen MR) is 114 cm³/mol. The minimum absolute atomic E-state index is 0.281. The van der Waals surface area contributed by atoms with Crippen LogP contribution in [0.3, 0.4) is 0 Å². The fourth-order valence-electron chi connectivity index (χ4n) is 2.78. The highest BCUT2D eigenvalue weighted by molar-refractivity contribution is 7.21. The van der Waals surface area contributed by atoms with Crippen LogP contribution >= 0.6 is 22.9 Å². The van der Waals surface area contributed by atoms with Crippen LogP contribution in [0.25, 0.3) is 20.8 Å². The molecule has 0 aliphatic carbocycles. The van der Waals surface area contributed by atoms with E-state index in [1.165, 1.54) is 17.4 Å². The summed E-state index contributed by atoms with van der Waals surface area (Å²) in [4.78, 5) is 16.5. The third-order valence-electron chi connectivity index (χ3n) is 4.18. The zero-order chi connectivity index (χ0) is 21.3. The SMILES string of the molecule is O=C(Nc1ccc(Cl)cc1)Nc1cccc(-c2nc3cc(C(F)(F)F)ccc3s2)c1. The van der Waals surface area contributed by atoms with Gasteiger partial charge < -0.3 is 10.6 Å². The van der Waals surface area contributed by atoms with Gasteiger partial charge in [0.15, 0.2) is 0 Å². The van der Waals surface area contributed by atoms with Crippen molar-refractivity contribution < 1.29 is 18.0 Å². The highest BCUT2D eigenvalue weighted by Crippen LogP contribution is 2.35. The van der Waals surface area contributed by atoms with E-state index in [9.17, 15) is 18.0 Å². The van der Waals surface area contributed by atoms with Gasteiger partial charge in [-0.3, -0.25) is 0 Å². The molecule has 0 spiro atoms. The van der Waals surface area contributed by atoms with Gasteiger partial charge in [-0.05, 0) is 54.6 Å². The average Bonchev–Trinajstić information content (AvgIpc) is 3.13. The summed E-state index contributed by atoms with van der Waals surface area (Å²) < 4.78 is 39.4. The van der Waals surface area contributed by atoms with Crippen LogP contribution in [0, 0.1) is 0 Å². The van der Waals surface area contributed by atoms with Crippen molar-refractivity contribution in [2.75, 3.05) is 10.6 Å². The van der Waals surface area contributed by atoms with E-state index in [1.54, 1.807) is 48.5 Å². The number of aromatic nitrogens is 1. The number of thiazole rings is 1. The van der Waals surface area contributed by atoms with Crippen molar-refractivity contribution in [3.05, 3.63) is 77.3 Å². The van der Waals surface area contributed by atoms with Crippen molar-refractivity contribution >= 4 is 50.6 Å². The first kappa shape index (κ1) is 20.2. The van der Waals surface area contributed by atoms with Crippen LogP contribution in [0.15, 0.2) is 66.7 Å². The molecule has 0 saturated heterocycles. The first-order valence-corrected chi connectivity index (χ1v) is 9.89. The normalized spacial score (nSPS) is 11.5. The topological polar surface area (TPSA) is 54.0 Å². The molecule has 0 atom stereocenters. The summed E-state index contributed by atoms with van der Waals surface area (Å²) in [6.07, 6.45) is -4.42. The smallest absolute Gasteiger partial charge is 0.308 e. The molecule has 0 saturated carbocycles. The molecule has 4 nitrogen and oxygen atoms in total. The molecule has 3 aromatic carbocycles. The number of urea groups is 1. The number of rotatable bonds is 3. The standard InChI is InChI=1S/C21H13ClF3N3OS/c22-14-5-7-15(8-6-14)26-20(29)27-16-3-1-2-12(10-16)19-28-17-11-13(21(23,24)25)4-9-18(17)30-19/h1-11H,(H2,26,27,29). The molecule has 2 N–H and O–H groups in total. The van der Waals surface area contributed by atoms with Crippen molar-refractivity contribution in [2.45, 2.75) is 6.18 Å². The lowest BCUT2D eigenvalue weighted by atomic mass is 10.2. The molecule has 0 aliphatic heterocycles. The number of hydrogen-bond donors (Lipinski definition) is 2. The maximum Gasteiger partial charge on any atom is 0.416 e. The number of carbonyl (C=O) groups excluding carboxylic acids is 1. The molecule has 0 unspecified atom stereocenters. The van der Waals surface area contributed by atoms with Gasteiger partial charge in [0, 0.05) is 22.0 Å². The molecule has 1 aromatic heterocycles. The van der Waals surface area contributed by atoms with Gasteiger partial charge in [-0.25, -0.2) is 9.78 Å². The molecule has 4 aromatic rings. The first-order chi connectivity index (χ1) is 14.3. The maximum absolute atomic E-state index is 12.9. The highest BCUT2D eigenvalue weighted by Gasteiger charge is 2.30. The summed E-state index contributed by atoms with van der Waals surface area (Å²) in [6.45, 7) is 0. The summed E-state index contributed by atoms with van der Waals surface area (Å²) in [5.41, 5.74) is 1.34. The van der Waals surface area contributed by atoms with E-state index in [4.69, 9.17) is 11.6 Å². The van der Waals surface area contributed by atoms with Gasteiger partial charge in [0.25, 0.3) is 0 Å². The number of nitrogens with one attached hydrogen (secondary N) is 2. The van der Waals surface area contributed by atoms with Crippen LogP contribution in [0.2, 0.25) is 5.02 Å². The number of alkyl halides is 3. The van der Waals surface area contributed by atoms with Gasteiger partial charge in [-0.2, -0.15) is 13.2 Å². The number of fused-ring (bicyclic) bond motifs is 1. The molecule has 152 valence electrons. The summed E-state index contributed by atoms with van der Waals surface area (Å²) in [7, 11) is 0. The Morgan fingerprint density at radius 1 is 0.933 bits per heavy atom. The van der Waals surface area contributed by atoms with Gasteiger partial charge in [0.1, 0.15) is 5.01 Å². The van der Waals surface area contributed by atoms with E-state index in [1.807, 2.05) is 0 Å². The summed E-state index contributed by atoms with van der Waals surface area (Å²) in [5, 5.41) is 6.54. The van der Waals surface area contributed by atoms with Gasteiger partial charge in [0.2, 0.25) is 0 Å². The molecule has 0 aliphatic rings. The average molecular weight is 448 g/mol. The van der Waals surface area contributed by atoms with Gasteiger partial charge >= 0.3 is 12.2 Å². The van der Waals surface area contributed by atoms with Crippen molar-refractivity contribution in [2.24, 2.45) is 0 Å². The van der Waals surface area contributed by atoms with Crippen LogP contribution in [0.4, 0.5) is 29.3 Å². The molecule has 0 bridgehead atoms. The van der Waals surface area contributed by atoms with E-state index >= 15 is 0 Å². The predicted octanol–water partition coefficient (Wildman–Crippen LogP) is 7.28. The molecule has 0 radical (unpaired) electrons. The Morgan fingerprint density at radius 2 is 1.67 bits per heavy atom. The third-order valence-corrected chi connectivity index (χ3v) is 5.52. The zero-order valence-electron chi connectivity index (χ0n) is 15.1. The second-order valence-corrected chi connectivity index (χ2v) is 7.83. The van der Waals surface area contributed by atoms with E-state index < -0.39 is 17.8 Å². The lowest BCUT2D eigenvalue weighted by molar-refractivity contribution is -0.137. The number of anilines is 2.